The van der Waals surface area contributed by atoms with Crippen molar-refractivity contribution >= 4 is 24.5 Å². The maximum atomic E-state index is 14.3. The molecule has 0 bridgehead atoms. The summed E-state index contributed by atoms with van der Waals surface area (Å²) in [5.41, 5.74) is -1.37. The maximum absolute atomic E-state index is 14.3. The van der Waals surface area contributed by atoms with Crippen molar-refractivity contribution in [1.82, 2.24) is 14.6 Å². The molecule has 6 unspecified atom stereocenters. The zero-order valence-corrected chi connectivity index (χ0v) is 24.1. The number of hydrogen-bond acceptors (Lipinski definition) is 10. The molecule has 7 atom stereocenters. The van der Waals surface area contributed by atoms with Crippen LogP contribution >= 0.6 is 7.75 Å². The van der Waals surface area contributed by atoms with Gasteiger partial charge in [0.2, 0.25) is 0 Å². The van der Waals surface area contributed by atoms with Crippen molar-refractivity contribution in [2.24, 2.45) is 0 Å². The van der Waals surface area contributed by atoms with Gasteiger partial charge in [0.15, 0.2) is 6.23 Å². The number of nitrogens with zero attached hydrogens (tertiary/aromatic N) is 1. The van der Waals surface area contributed by atoms with Crippen molar-refractivity contribution in [3.63, 3.8) is 0 Å². The molecule has 41 heavy (non-hydrogen) atoms. The summed E-state index contributed by atoms with van der Waals surface area (Å²) < 4.78 is 43.8. The highest BCUT2D eigenvalue weighted by atomic mass is 31.2. The van der Waals surface area contributed by atoms with Crippen molar-refractivity contribution in [3.05, 3.63) is 75.6 Å². The molecular formula is C27H34N3O10P. The number of hydrogen-bond donors (Lipinski definition) is 3. The third-order valence-corrected chi connectivity index (χ3v) is 8.19. The molecule has 13 nitrogen and oxygen atoms in total. The van der Waals surface area contributed by atoms with Crippen LogP contribution in [0.5, 0.6) is 5.75 Å². The number of fused-ring (bicyclic) bond motifs is 1. The van der Waals surface area contributed by atoms with Crippen LogP contribution in [0.1, 0.15) is 33.9 Å². The fraction of sp³-hybridized carbons (Fsp3) is 0.444. The Balaban J connectivity index is 1.63. The number of esters is 1. The van der Waals surface area contributed by atoms with Gasteiger partial charge in [-0.25, -0.2) is 9.36 Å². The Bertz CT molecular complexity index is 1530. The molecule has 1 aliphatic rings. The monoisotopic (exact) mass is 591 g/mol. The SMILES string of the molecule is COC1C(O)[C@@H](C(C)OP(=O)(NC(C)C(=O)OC(C)C)Oc2cccc3ccccc23)OC1n1ccc(=O)[nH]c1=O. The lowest BCUT2D eigenvalue weighted by Gasteiger charge is -2.29. The molecule has 3 aromatic rings. The van der Waals surface area contributed by atoms with E-state index in [1.165, 1.54) is 27.2 Å². The maximum Gasteiger partial charge on any atom is 0.459 e. The second-order valence-electron chi connectivity index (χ2n) is 9.91. The molecule has 14 heteroatoms. The van der Waals surface area contributed by atoms with E-state index < -0.39 is 67.8 Å². The topological polar surface area (TPSA) is 167 Å². The first-order valence-electron chi connectivity index (χ1n) is 13.0. The van der Waals surface area contributed by atoms with Crippen LogP contribution in [0.2, 0.25) is 0 Å². The number of methoxy groups -OCH3 is 1. The average Bonchev–Trinajstić information content (AvgIpc) is 3.24. The summed E-state index contributed by atoms with van der Waals surface area (Å²) in [5, 5.41) is 15.2. The van der Waals surface area contributed by atoms with Crippen LogP contribution in [0.25, 0.3) is 10.8 Å². The van der Waals surface area contributed by atoms with E-state index in [1.807, 2.05) is 18.2 Å². The molecule has 3 N–H and O–H groups in total. The van der Waals surface area contributed by atoms with Crippen LogP contribution in [0.3, 0.4) is 0 Å². The summed E-state index contributed by atoms with van der Waals surface area (Å²) in [6.07, 6.45) is -4.99. The van der Waals surface area contributed by atoms with Crippen LogP contribution < -0.4 is 20.9 Å². The van der Waals surface area contributed by atoms with Crippen LogP contribution in [0, 0.1) is 0 Å². The Kier molecular flexibility index (Phi) is 9.48. The largest absolute Gasteiger partial charge is 0.462 e. The van der Waals surface area contributed by atoms with Crippen molar-refractivity contribution in [2.75, 3.05) is 7.11 Å². The van der Waals surface area contributed by atoms with Crippen molar-refractivity contribution in [3.8, 4) is 5.75 Å². The molecule has 0 amide bonds. The van der Waals surface area contributed by atoms with Gasteiger partial charge in [-0.2, -0.15) is 5.09 Å². The molecule has 1 aromatic heterocycles. The number of rotatable bonds is 11. The summed E-state index contributed by atoms with van der Waals surface area (Å²) in [4.78, 5) is 38.6. The summed E-state index contributed by atoms with van der Waals surface area (Å²) >= 11 is 0. The van der Waals surface area contributed by atoms with Gasteiger partial charge in [-0.1, -0.05) is 36.4 Å². The number of nitrogens with one attached hydrogen (secondary N) is 2. The molecule has 0 spiro atoms. The number of aliphatic hydroxyl groups is 1. The Hall–Kier alpha value is -3.32. The number of benzene rings is 2. The molecule has 2 heterocycles. The summed E-state index contributed by atoms with van der Waals surface area (Å²) in [5.74, 6) is -0.442. The fourth-order valence-electron chi connectivity index (χ4n) is 4.56. The lowest BCUT2D eigenvalue weighted by Crippen LogP contribution is -2.42. The van der Waals surface area contributed by atoms with Gasteiger partial charge in [0.25, 0.3) is 5.56 Å². The molecule has 222 valence electrons. The zero-order valence-electron chi connectivity index (χ0n) is 23.3. The number of aliphatic hydroxyl groups excluding tert-OH is 1. The van der Waals surface area contributed by atoms with Gasteiger partial charge < -0.3 is 23.8 Å². The minimum Gasteiger partial charge on any atom is -0.462 e. The zero-order chi connectivity index (χ0) is 29.9. The number of ether oxygens (including phenoxy) is 3. The van der Waals surface area contributed by atoms with Crippen LogP contribution in [-0.2, 0) is 28.1 Å². The van der Waals surface area contributed by atoms with E-state index in [1.54, 1.807) is 38.1 Å². The predicted molar refractivity (Wildman–Crippen MR) is 149 cm³/mol. The van der Waals surface area contributed by atoms with Crippen molar-refractivity contribution in [2.45, 2.75) is 70.5 Å². The first kappa shape index (κ1) is 30.6. The summed E-state index contributed by atoms with van der Waals surface area (Å²) in [7, 11) is -3.04. The molecule has 1 aliphatic heterocycles. The standard InChI is InChI=1S/C27H34N3O10P/c1-15(2)37-26(33)16(3)29-41(35,40-20-12-8-10-18-9-6-7-11-19(18)20)39-17(4)23-22(32)24(36-5)25(38-23)30-14-13-21(31)28-27(30)34/h6-17,22-25,32H,1-5H3,(H,29,35)(H,28,31,34)/t16?,17?,22?,23-,24?,25?,41?/m1/s1. The number of carbonyl (C=O) groups is 1. The molecule has 1 saturated heterocycles. The quantitative estimate of drug-likeness (QED) is 0.221. The van der Waals surface area contributed by atoms with E-state index in [9.17, 15) is 24.1 Å². The van der Waals surface area contributed by atoms with E-state index in [4.69, 9.17) is 23.3 Å². The third kappa shape index (κ3) is 6.95. The van der Waals surface area contributed by atoms with Crippen molar-refractivity contribution < 1.29 is 37.7 Å². The first-order valence-corrected chi connectivity index (χ1v) is 14.6. The second kappa shape index (κ2) is 12.7. The van der Waals surface area contributed by atoms with Crippen LogP contribution in [-0.4, -0.2) is 64.3 Å². The predicted octanol–water partition coefficient (Wildman–Crippen LogP) is 2.48. The molecule has 0 aliphatic carbocycles. The first-order chi connectivity index (χ1) is 19.4. The Morgan fingerprint density at radius 1 is 1.10 bits per heavy atom. The molecular weight excluding hydrogens is 557 g/mol. The fourth-order valence-corrected chi connectivity index (χ4v) is 6.27. The van der Waals surface area contributed by atoms with Gasteiger partial charge in [0.1, 0.15) is 30.1 Å². The lowest BCUT2D eigenvalue weighted by atomic mass is 10.1. The third-order valence-electron chi connectivity index (χ3n) is 6.44. The Morgan fingerprint density at radius 2 is 1.80 bits per heavy atom. The molecule has 4 rings (SSSR count). The summed E-state index contributed by atoms with van der Waals surface area (Å²) in [6.45, 7) is 6.32. The molecule has 1 fully saturated rings. The van der Waals surface area contributed by atoms with Crippen LogP contribution in [0.4, 0.5) is 0 Å². The number of carbonyl (C=O) groups excluding carboxylic acids is 1. The normalized spacial score (nSPS) is 23.7. The number of aromatic amines is 1. The van der Waals surface area contributed by atoms with Gasteiger partial charge in [0, 0.05) is 24.8 Å². The van der Waals surface area contributed by atoms with Gasteiger partial charge in [0.05, 0.1) is 12.2 Å². The Morgan fingerprint density at radius 3 is 2.49 bits per heavy atom. The van der Waals surface area contributed by atoms with Crippen LogP contribution in [0.15, 0.2) is 64.3 Å². The van der Waals surface area contributed by atoms with Gasteiger partial charge in [-0.15, -0.1) is 0 Å². The molecule has 2 aromatic carbocycles. The average molecular weight is 592 g/mol. The van der Waals surface area contributed by atoms with E-state index in [2.05, 4.69) is 10.1 Å². The molecule has 0 radical (unpaired) electrons. The van der Waals surface area contributed by atoms with Gasteiger partial charge in [-0.05, 0) is 39.1 Å². The smallest absolute Gasteiger partial charge is 0.459 e. The minimum atomic E-state index is -4.37. The highest BCUT2D eigenvalue weighted by Gasteiger charge is 2.50. The van der Waals surface area contributed by atoms with Gasteiger partial charge >= 0.3 is 19.4 Å². The molecule has 0 saturated carbocycles. The van der Waals surface area contributed by atoms with E-state index in [0.717, 1.165) is 16.0 Å². The van der Waals surface area contributed by atoms with E-state index in [-0.39, 0.29) is 5.75 Å². The highest BCUT2D eigenvalue weighted by Crippen LogP contribution is 2.49. The van der Waals surface area contributed by atoms with Crippen molar-refractivity contribution in [1.29, 1.82) is 0 Å². The minimum absolute atomic E-state index is 0.232. The highest BCUT2D eigenvalue weighted by molar-refractivity contribution is 7.52. The second-order valence-corrected chi connectivity index (χ2v) is 11.6. The van der Waals surface area contributed by atoms with E-state index in [0.29, 0.717) is 5.39 Å². The van der Waals surface area contributed by atoms with Gasteiger partial charge in [-0.3, -0.25) is 23.7 Å². The summed E-state index contributed by atoms with van der Waals surface area (Å²) in [6, 6.07) is 12.5. The Labute approximate surface area is 235 Å². The lowest BCUT2D eigenvalue weighted by molar-refractivity contribution is -0.149. The number of aromatic nitrogens is 2. The number of H-pyrrole nitrogens is 1. The van der Waals surface area contributed by atoms with E-state index >= 15 is 0 Å².